The Hall–Kier alpha value is -2.56. The number of hydrogen-bond acceptors (Lipinski definition) is 3. The fourth-order valence-corrected chi connectivity index (χ4v) is 2.62. The van der Waals surface area contributed by atoms with Crippen molar-refractivity contribution in [2.24, 2.45) is 5.92 Å². The highest BCUT2D eigenvalue weighted by molar-refractivity contribution is 5.96. The third-order valence-corrected chi connectivity index (χ3v) is 3.63. The van der Waals surface area contributed by atoms with E-state index in [0.29, 0.717) is 18.2 Å². The molecule has 0 spiro atoms. The highest BCUT2D eigenvalue weighted by Gasteiger charge is 2.11. The maximum atomic E-state index is 11.8. The molecule has 0 saturated heterocycles. The van der Waals surface area contributed by atoms with Crippen molar-refractivity contribution in [2.45, 2.75) is 27.3 Å². The maximum absolute atomic E-state index is 11.8. The summed E-state index contributed by atoms with van der Waals surface area (Å²) in [5.74, 6) is 0.233. The third-order valence-electron chi connectivity index (χ3n) is 3.63. The van der Waals surface area contributed by atoms with Crippen molar-refractivity contribution in [1.29, 1.82) is 0 Å². The maximum Gasteiger partial charge on any atom is 0.354 e. The van der Waals surface area contributed by atoms with Crippen LogP contribution in [0.2, 0.25) is 0 Å². The van der Waals surface area contributed by atoms with E-state index in [9.17, 15) is 4.79 Å². The summed E-state index contributed by atoms with van der Waals surface area (Å²) < 4.78 is 6.99. The van der Waals surface area contributed by atoms with Gasteiger partial charge in [0.15, 0.2) is 0 Å². The normalized spacial score (nSPS) is 11.3. The average Bonchev–Trinajstić information content (AvgIpc) is 3.12. The van der Waals surface area contributed by atoms with E-state index in [4.69, 9.17) is 4.74 Å². The molecule has 1 aromatic carbocycles. The molecule has 120 valence electrons. The van der Waals surface area contributed by atoms with Gasteiger partial charge in [-0.1, -0.05) is 19.9 Å². The molecule has 0 radical (unpaired) electrons. The first kappa shape index (κ1) is 15.3. The number of carbonyl (C=O) groups excluding carboxylic acids is 1. The Morgan fingerprint density at radius 2 is 2.13 bits per heavy atom. The molecule has 0 aliphatic heterocycles. The average molecular weight is 311 g/mol. The lowest BCUT2D eigenvalue weighted by Gasteiger charge is -2.03. The van der Waals surface area contributed by atoms with Gasteiger partial charge in [0, 0.05) is 29.2 Å². The number of hydrogen-bond donors (Lipinski definition) is 1. The van der Waals surface area contributed by atoms with Crippen LogP contribution in [0.4, 0.5) is 0 Å². The number of carbonyl (C=O) groups is 1. The van der Waals surface area contributed by atoms with E-state index in [1.165, 1.54) is 0 Å². The van der Waals surface area contributed by atoms with Gasteiger partial charge in [-0.3, -0.25) is 4.68 Å². The molecule has 0 saturated carbocycles. The smallest absolute Gasteiger partial charge is 0.354 e. The number of aromatic nitrogens is 3. The summed E-state index contributed by atoms with van der Waals surface area (Å²) in [5, 5.41) is 5.39. The molecule has 0 aliphatic rings. The number of esters is 1. The van der Waals surface area contributed by atoms with Gasteiger partial charge in [0.05, 0.1) is 12.8 Å². The summed E-state index contributed by atoms with van der Waals surface area (Å²) in [7, 11) is 0. The van der Waals surface area contributed by atoms with Crippen molar-refractivity contribution in [2.75, 3.05) is 6.61 Å². The van der Waals surface area contributed by atoms with Crippen LogP contribution in [0.3, 0.4) is 0 Å². The van der Waals surface area contributed by atoms with Gasteiger partial charge in [0.2, 0.25) is 0 Å². The lowest BCUT2D eigenvalue weighted by atomic mass is 10.1. The Morgan fingerprint density at radius 1 is 1.30 bits per heavy atom. The van der Waals surface area contributed by atoms with E-state index in [1.807, 2.05) is 29.1 Å². The molecule has 2 aromatic heterocycles. The molecule has 3 rings (SSSR count). The van der Waals surface area contributed by atoms with Gasteiger partial charge in [-0.15, -0.1) is 0 Å². The van der Waals surface area contributed by atoms with Gasteiger partial charge in [-0.05, 0) is 36.6 Å². The van der Waals surface area contributed by atoms with Crippen LogP contribution in [-0.4, -0.2) is 27.3 Å². The van der Waals surface area contributed by atoms with Crippen LogP contribution in [-0.2, 0) is 11.3 Å². The van der Waals surface area contributed by atoms with Gasteiger partial charge in [0.25, 0.3) is 0 Å². The molecule has 0 atom stereocenters. The lowest BCUT2D eigenvalue weighted by molar-refractivity contribution is 0.0520. The first-order valence-electron chi connectivity index (χ1n) is 7.89. The molecule has 0 unspecified atom stereocenters. The van der Waals surface area contributed by atoms with Crippen molar-refractivity contribution in [3.63, 3.8) is 0 Å². The number of aromatic amines is 1. The second-order valence-corrected chi connectivity index (χ2v) is 6.05. The Kier molecular flexibility index (Phi) is 4.19. The standard InChI is InChI=1S/C18H21N3O2/c1-4-23-18(22)17-8-14-7-13(5-6-16(14)20-17)15-9-19-21(11-15)10-12(2)3/h5-9,11-12,20H,4,10H2,1-3H3. The van der Waals surface area contributed by atoms with Gasteiger partial charge in [0.1, 0.15) is 5.69 Å². The molecule has 0 amide bonds. The van der Waals surface area contributed by atoms with Crippen LogP contribution in [0, 0.1) is 5.92 Å². The molecule has 23 heavy (non-hydrogen) atoms. The lowest BCUT2D eigenvalue weighted by Crippen LogP contribution is -2.04. The number of rotatable bonds is 5. The second kappa shape index (κ2) is 6.28. The molecular formula is C18H21N3O2. The topological polar surface area (TPSA) is 59.9 Å². The number of nitrogens with zero attached hydrogens (tertiary/aromatic N) is 2. The predicted molar refractivity (Wildman–Crippen MR) is 90.3 cm³/mol. The van der Waals surface area contributed by atoms with Crippen LogP contribution < -0.4 is 0 Å². The number of nitrogens with one attached hydrogen (secondary N) is 1. The summed E-state index contributed by atoms with van der Waals surface area (Å²) in [5.41, 5.74) is 3.56. The summed E-state index contributed by atoms with van der Waals surface area (Å²) in [6, 6.07) is 7.90. The van der Waals surface area contributed by atoms with Crippen molar-refractivity contribution < 1.29 is 9.53 Å². The molecule has 0 aliphatic carbocycles. The SMILES string of the molecule is CCOC(=O)c1cc2cc(-c3cnn(CC(C)C)c3)ccc2[nH]1. The molecular weight excluding hydrogens is 290 g/mol. The first-order chi connectivity index (χ1) is 11.1. The number of fused-ring (bicyclic) bond motifs is 1. The van der Waals surface area contributed by atoms with E-state index in [0.717, 1.165) is 28.6 Å². The summed E-state index contributed by atoms with van der Waals surface area (Å²) >= 11 is 0. The van der Waals surface area contributed by atoms with Crippen molar-refractivity contribution in [3.8, 4) is 11.1 Å². The van der Waals surface area contributed by atoms with Gasteiger partial charge < -0.3 is 9.72 Å². The first-order valence-corrected chi connectivity index (χ1v) is 7.89. The highest BCUT2D eigenvalue weighted by atomic mass is 16.5. The van der Waals surface area contributed by atoms with Crippen molar-refractivity contribution in [3.05, 3.63) is 42.4 Å². The van der Waals surface area contributed by atoms with Crippen LogP contribution in [0.1, 0.15) is 31.3 Å². The molecule has 1 N–H and O–H groups in total. The summed E-state index contributed by atoms with van der Waals surface area (Å²) in [6.45, 7) is 7.41. The fraction of sp³-hybridized carbons (Fsp3) is 0.333. The van der Waals surface area contributed by atoms with Gasteiger partial charge in [-0.25, -0.2) is 4.79 Å². The minimum atomic E-state index is -0.324. The summed E-state index contributed by atoms with van der Waals surface area (Å²) in [6.07, 6.45) is 3.93. The molecule has 5 nitrogen and oxygen atoms in total. The van der Waals surface area contributed by atoms with Gasteiger partial charge in [-0.2, -0.15) is 5.10 Å². The molecule has 5 heteroatoms. The molecule has 0 fully saturated rings. The number of H-pyrrole nitrogens is 1. The Morgan fingerprint density at radius 3 is 2.87 bits per heavy atom. The Balaban J connectivity index is 1.90. The van der Waals surface area contributed by atoms with Crippen LogP contribution in [0.25, 0.3) is 22.0 Å². The number of benzene rings is 1. The monoisotopic (exact) mass is 311 g/mol. The fourth-order valence-electron chi connectivity index (χ4n) is 2.62. The second-order valence-electron chi connectivity index (χ2n) is 6.05. The summed E-state index contributed by atoms with van der Waals surface area (Å²) in [4.78, 5) is 14.9. The van der Waals surface area contributed by atoms with E-state index in [2.05, 4.69) is 36.2 Å². The minimum absolute atomic E-state index is 0.324. The number of ether oxygens (including phenoxy) is 1. The predicted octanol–water partition coefficient (Wildman–Crippen LogP) is 3.86. The third kappa shape index (κ3) is 3.28. The zero-order chi connectivity index (χ0) is 16.4. The molecule has 0 bridgehead atoms. The largest absolute Gasteiger partial charge is 0.461 e. The van der Waals surface area contributed by atoms with Crippen LogP contribution in [0.5, 0.6) is 0 Å². The van der Waals surface area contributed by atoms with E-state index < -0.39 is 0 Å². The van der Waals surface area contributed by atoms with E-state index >= 15 is 0 Å². The highest BCUT2D eigenvalue weighted by Crippen LogP contribution is 2.25. The van der Waals surface area contributed by atoms with Crippen LogP contribution in [0.15, 0.2) is 36.7 Å². The van der Waals surface area contributed by atoms with Crippen molar-refractivity contribution in [1.82, 2.24) is 14.8 Å². The Bertz CT molecular complexity index is 830. The Labute approximate surface area is 135 Å². The molecule has 2 heterocycles. The zero-order valence-corrected chi connectivity index (χ0v) is 13.7. The molecule has 3 aromatic rings. The van der Waals surface area contributed by atoms with Crippen LogP contribution >= 0.6 is 0 Å². The van der Waals surface area contributed by atoms with E-state index in [1.54, 1.807) is 6.92 Å². The zero-order valence-electron chi connectivity index (χ0n) is 13.7. The minimum Gasteiger partial charge on any atom is -0.461 e. The quantitative estimate of drug-likeness (QED) is 0.728. The van der Waals surface area contributed by atoms with E-state index in [-0.39, 0.29) is 5.97 Å². The van der Waals surface area contributed by atoms with Crippen molar-refractivity contribution >= 4 is 16.9 Å². The van der Waals surface area contributed by atoms with Gasteiger partial charge >= 0.3 is 5.97 Å².